The molecule has 2 aromatic carbocycles. The SMILES string of the molecule is Cc1ccccc1NC(C#N)c1cc(Cl)cc(Cl)c1. The van der Waals surface area contributed by atoms with Gasteiger partial charge in [0.15, 0.2) is 0 Å². The van der Waals surface area contributed by atoms with Gasteiger partial charge in [0.25, 0.3) is 0 Å². The van der Waals surface area contributed by atoms with Crippen LogP contribution in [0.4, 0.5) is 5.69 Å². The molecule has 0 saturated heterocycles. The summed E-state index contributed by atoms with van der Waals surface area (Å²) in [4.78, 5) is 0. The van der Waals surface area contributed by atoms with E-state index in [0.29, 0.717) is 10.0 Å². The number of aryl methyl sites for hydroxylation is 1. The van der Waals surface area contributed by atoms with Crippen molar-refractivity contribution in [1.82, 2.24) is 0 Å². The van der Waals surface area contributed by atoms with Gasteiger partial charge in [-0.25, -0.2) is 0 Å². The van der Waals surface area contributed by atoms with Gasteiger partial charge in [0, 0.05) is 15.7 Å². The van der Waals surface area contributed by atoms with E-state index >= 15 is 0 Å². The van der Waals surface area contributed by atoms with Gasteiger partial charge in [0.2, 0.25) is 0 Å². The number of rotatable bonds is 3. The Morgan fingerprint density at radius 3 is 2.32 bits per heavy atom. The largest absolute Gasteiger partial charge is 0.366 e. The van der Waals surface area contributed by atoms with Gasteiger partial charge >= 0.3 is 0 Å². The number of para-hydroxylation sites is 1. The quantitative estimate of drug-likeness (QED) is 0.865. The molecular formula is C15H12Cl2N2. The molecule has 2 rings (SSSR count). The number of anilines is 1. The topological polar surface area (TPSA) is 35.8 Å². The Bertz CT molecular complexity index is 612. The molecule has 0 radical (unpaired) electrons. The first kappa shape index (κ1) is 13.7. The molecule has 96 valence electrons. The van der Waals surface area contributed by atoms with Crippen LogP contribution in [0.1, 0.15) is 17.2 Å². The van der Waals surface area contributed by atoms with Crippen molar-refractivity contribution in [1.29, 1.82) is 5.26 Å². The third-order valence-corrected chi connectivity index (χ3v) is 3.23. The summed E-state index contributed by atoms with van der Waals surface area (Å²) < 4.78 is 0. The number of hydrogen-bond donors (Lipinski definition) is 1. The molecule has 0 heterocycles. The molecule has 1 atom stereocenters. The summed E-state index contributed by atoms with van der Waals surface area (Å²) in [6, 6.07) is 14.7. The van der Waals surface area contributed by atoms with Crippen molar-refractivity contribution in [2.45, 2.75) is 13.0 Å². The average Bonchev–Trinajstić information content (AvgIpc) is 2.36. The second-order valence-electron chi connectivity index (χ2n) is 4.22. The van der Waals surface area contributed by atoms with Crippen LogP contribution >= 0.6 is 23.2 Å². The van der Waals surface area contributed by atoms with E-state index in [2.05, 4.69) is 11.4 Å². The van der Waals surface area contributed by atoms with Gasteiger partial charge in [-0.3, -0.25) is 0 Å². The highest BCUT2D eigenvalue weighted by molar-refractivity contribution is 6.34. The zero-order valence-electron chi connectivity index (χ0n) is 10.3. The Morgan fingerprint density at radius 2 is 1.74 bits per heavy atom. The van der Waals surface area contributed by atoms with Crippen LogP contribution < -0.4 is 5.32 Å². The first-order chi connectivity index (χ1) is 9.10. The van der Waals surface area contributed by atoms with E-state index in [1.807, 2.05) is 31.2 Å². The summed E-state index contributed by atoms with van der Waals surface area (Å²) in [6.45, 7) is 1.99. The Kier molecular flexibility index (Phi) is 4.31. The van der Waals surface area contributed by atoms with Gasteiger partial charge in [-0.05, 0) is 42.3 Å². The molecule has 1 unspecified atom stereocenters. The minimum absolute atomic E-state index is 0.489. The predicted octanol–water partition coefficient (Wildman–Crippen LogP) is 4.98. The van der Waals surface area contributed by atoms with E-state index < -0.39 is 6.04 Å². The summed E-state index contributed by atoms with van der Waals surface area (Å²) in [5.41, 5.74) is 2.75. The van der Waals surface area contributed by atoms with Crippen molar-refractivity contribution in [3.63, 3.8) is 0 Å². The zero-order chi connectivity index (χ0) is 13.8. The van der Waals surface area contributed by atoms with E-state index in [0.717, 1.165) is 16.8 Å². The summed E-state index contributed by atoms with van der Waals surface area (Å²) >= 11 is 11.9. The lowest BCUT2D eigenvalue weighted by Gasteiger charge is -2.15. The Morgan fingerprint density at radius 1 is 1.11 bits per heavy atom. The second-order valence-corrected chi connectivity index (χ2v) is 5.10. The van der Waals surface area contributed by atoms with E-state index in [-0.39, 0.29) is 0 Å². The number of nitriles is 1. The number of benzene rings is 2. The number of nitrogens with one attached hydrogen (secondary N) is 1. The third-order valence-electron chi connectivity index (χ3n) is 2.79. The lowest BCUT2D eigenvalue weighted by molar-refractivity contribution is 0.994. The van der Waals surface area contributed by atoms with Crippen LogP contribution in [-0.4, -0.2) is 0 Å². The van der Waals surface area contributed by atoms with E-state index in [9.17, 15) is 5.26 Å². The molecule has 0 aliphatic rings. The van der Waals surface area contributed by atoms with Crippen LogP contribution in [0.2, 0.25) is 10.0 Å². The Labute approximate surface area is 122 Å². The van der Waals surface area contributed by atoms with Crippen molar-refractivity contribution >= 4 is 28.9 Å². The maximum atomic E-state index is 9.31. The molecule has 0 amide bonds. The number of hydrogen-bond acceptors (Lipinski definition) is 2. The van der Waals surface area contributed by atoms with Crippen LogP contribution in [-0.2, 0) is 0 Å². The lowest BCUT2D eigenvalue weighted by Crippen LogP contribution is -2.09. The molecule has 2 aromatic rings. The van der Waals surface area contributed by atoms with Gasteiger partial charge in [-0.15, -0.1) is 0 Å². The second kappa shape index (κ2) is 5.97. The molecule has 0 bridgehead atoms. The van der Waals surface area contributed by atoms with Crippen LogP contribution in [0.25, 0.3) is 0 Å². The first-order valence-electron chi connectivity index (χ1n) is 5.78. The fourth-order valence-electron chi connectivity index (χ4n) is 1.82. The highest BCUT2D eigenvalue weighted by Crippen LogP contribution is 2.26. The molecule has 1 N–H and O–H groups in total. The van der Waals surface area contributed by atoms with Gasteiger partial charge in [0.05, 0.1) is 6.07 Å². The Balaban J connectivity index is 2.31. The molecule has 19 heavy (non-hydrogen) atoms. The van der Waals surface area contributed by atoms with Crippen molar-refractivity contribution in [2.75, 3.05) is 5.32 Å². The highest BCUT2D eigenvalue weighted by Gasteiger charge is 2.12. The van der Waals surface area contributed by atoms with Gasteiger partial charge in [-0.2, -0.15) is 5.26 Å². The first-order valence-corrected chi connectivity index (χ1v) is 6.53. The van der Waals surface area contributed by atoms with Crippen molar-refractivity contribution < 1.29 is 0 Å². The van der Waals surface area contributed by atoms with E-state index in [4.69, 9.17) is 23.2 Å². The van der Waals surface area contributed by atoms with Gasteiger partial charge < -0.3 is 5.32 Å². The predicted molar refractivity (Wildman–Crippen MR) is 79.6 cm³/mol. The number of nitrogens with zero attached hydrogens (tertiary/aromatic N) is 1. The van der Waals surface area contributed by atoms with Gasteiger partial charge in [0.1, 0.15) is 6.04 Å². The molecule has 0 aromatic heterocycles. The Hall–Kier alpha value is -1.69. The smallest absolute Gasteiger partial charge is 0.140 e. The summed E-state index contributed by atoms with van der Waals surface area (Å²) in [6.07, 6.45) is 0. The fourth-order valence-corrected chi connectivity index (χ4v) is 2.37. The molecule has 0 fully saturated rings. The van der Waals surface area contributed by atoms with Gasteiger partial charge in [-0.1, -0.05) is 41.4 Å². The molecule has 0 saturated carbocycles. The normalized spacial score (nSPS) is 11.7. The standard InChI is InChI=1S/C15H12Cl2N2/c1-10-4-2-3-5-14(10)19-15(9-18)11-6-12(16)8-13(17)7-11/h2-8,15,19H,1H3. The third kappa shape index (κ3) is 3.41. The molecule has 0 aliphatic heterocycles. The van der Waals surface area contributed by atoms with E-state index in [1.54, 1.807) is 18.2 Å². The minimum Gasteiger partial charge on any atom is -0.366 e. The van der Waals surface area contributed by atoms with E-state index in [1.165, 1.54) is 0 Å². The highest BCUT2D eigenvalue weighted by atomic mass is 35.5. The minimum atomic E-state index is -0.489. The number of halogens is 2. The summed E-state index contributed by atoms with van der Waals surface area (Å²) in [7, 11) is 0. The maximum Gasteiger partial charge on any atom is 0.140 e. The summed E-state index contributed by atoms with van der Waals surface area (Å²) in [5.74, 6) is 0. The summed E-state index contributed by atoms with van der Waals surface area (Å²) in [5, 5.41) is 13.5. The molecule has 0 aliphatic carbocycles. The van der Waals surface area contributed by atoms with Crippen LogP contribution in [0.3, 0.4) is 0 Å². The van der Waals surface area contributed by atoms with Crippen LogP contribution in [0.15, 0.2) is 42.5 Å². The maximum absolute atomic E-state index is 9.31. The average molecular weight is 291 g/mol. The van der Waals surface area contributed by atoms with Crippen LogP contribution in [0, 0.1) is 18.3 Å². The molecule has 2 nitrogen and oxygen atoms in total. The van der Waals surface area contributed by atoms with Crippen LogP contribution in [0.5, 0.6) is 0 Å². The molecular weight excluding hydrogens is 279 g/mol. The van der Waals surface area contributed by atoms with Crippen molar-refractivity contribution in [3.8, 4) is 6.07 Å². The molecule has 4 heteroatoms. The zero-order valence-corrected chi connectivity index (χ0v) is 11.8. The monoisotopic (exact) mass is 290 g/mol. The molecule has 0 spiro atoms. The lowest BCUT2D eigenvalue weighted by atomic mass is 10.1. The fraction of sp³-hybridized carbons (Fsp3) is 0.133. The van der Waals surface area contributed by atoms with Crippen molar-refractivity contribution in [3.05, 3.63) is 63.6 Å². The van der Waals surface area contributed by atoms with Crippen molar-refractivity contribution in [2.24, 2.45) is 0 Å².